The molecular formula is C20H30ClN4O13P3. The summed E-state index contributed by atoms with van der Waals surface area (Å²) in [6, 6.07) is 6.69. The lowest BCUT2D eigenvalue weighted by molar-refractivity contribution is -0.0450. The number of halogens is 1. The van der Waals surface area contributed by atoms with Gasteiger partial charge in [-0.15, -0.1) is 11.6 Å². The minimum atomic E-state index is -5.65. The van der Waals surface area contributed by atoms with E-state index in [-0.39, 0.29) is 18.5 Å². The van der Waals surface area contributed by atoms with Gasteiger partial charge in [0.25, 0.3) is 5.56 Å². The van der Waals surface area contributed by atoms with Crippen LogP contribution in [-0.2, 0) is 38.1 Å². The van der Waals surface area contributed by atoms with Gasteiger partial charge in [-0.05, 0) is 24.6 Å². The Hall–Kier alpha value is -1.68. The van der Waals surface area contributed by atoms with Crippen molar-refractivity contribution in [3.05, 3.63) is 62.4 Å². The van der Waals surface area contributed by atoms with Crippen LogP contribution in [-0.4, -0.2) is 67.6 Å². The number of H-pyrrole nitrogens is 1. The Morgan fingerprint density at radius 3 is 2.44 bits per heavy atom. The summed E-state index contributed by atoms with van der Waals surface area (Å²) in [5.74, 6) is 0.414. The van der Waals surface area contributed by atoms with Crippen molar-refractivity contribution in [1.29, 1.82) is 0 Å². The maximum absolute atomic E-state index is 12.3. The van der Waals surface area contributed by atoms with Gasteiger partial charge >= 0.3 is 29.1 Å². The molecule has 17 nitrogen and oxygen atoms in total. The summed E-state index contributed by atoms with van der Waals surface area (Å²) in [5, 5.41) is 12.3. The molecule has 0 radical (unpaired) electrons. The molecule has 6 N–H and O–H groups in total. The van der Waals surface area contributed by atoms with Gasteiger partial charge in [0.05, 0.1) is 12.7 Å². The Morgan fingerprint density at radius 1 is 1.15 bits per heavy atom. The number of hydrogen-bond donors (Lipinski definition) is 6. The number of aliphatic hydroxyl groups is 1. The van der Waals surface area contributed by atoms with Gasteiger partial charge in [0.15, 0.2) is 0 Å². The Kier molecular flexibility index (Phi) is 11.3. The molecule has 3 rings (SSSR count). The molecule has 3 unspecified atom stereocenters. The van der Waals surface area contributed by atoms with E-state index in [0.29, 0.717) is 18.0 Å². The van der Waals surface area contributed by atoms with Gasteiger partial charge in [-0.25, -0.2) is 23.6 Å². The zero-order valence-electron chi connectivity index (χ0n) is 21.7. The van der Waals surface area contributed by atoms with Crippen molar-refractivity contribution in [3.8, 4) is 0 Å². The number of phosphoric acid groups is 2. The van der Waals surface area contributed by atoms with Gasteiger partial charge in [-0.3, -0.25) is 18.9 Å². The number of benzene rings is 1. The molecule has 2 heterocycles. The third-order valence-corrected chi connectivity index (χ3v) is 10.3. The second-order valence-electron chi connectivity index (χ2n) is 8.94. The summed E-state index contributed by atoms with van der Waals surface area (Å²) < 4.78 is 56.1. The van der Waals surface area contributed by atoms with Gasteiger partial charge in [0.2, 0.25) is 0 Å². The Morgan fingerprint density at radius 2 is 1.80 bits per heavy atom. The van der Waals surface area contributed by atoms with Crippen LogP contribution in [0.25, 0.3) is 0 Å². The van der Waals surface area contributed by atoms with Crippen LogP contribution in [0.5, 0.6) is 0 Å². The van der Waals surface area contributed by atoms with Crippen molar-refractivity contribution in [3.63, 3.8) is 0 Å². The number of phosphoric ester groups is 1. The molecule has 1 aromatic carbocycles. The van der Waals surface area contributed by atoms with Crippen LogP contribution in [0.2, 0.25) is 0 Å². The molecule has 41 heavy (non-hydrogen) atoms. The number of hydrogen-bond acceptors (Lipinski definition) is 11. The maximum Gasteiger partial charge on any atom is 0.489 e. The molecule has 21 heteroatoms. The lowest BCUT2D eigenvalue weighted by atomic mass is 10.2. The Bertz CT molecular complexity index is 1470. The molecule has 1 fully saturated rings. The number of nitrogens with one attached hydrogen (secondary N) is 2. The molecule has 0 saturated carbocycles. The molecule has 1 aromatic heterocycles. The molecule has 0 spiro atoms. The highest BCUT2D eigenvalue weighted by molar-refractivity contribution is 7.67. The van der Waals surface area contributed by atoms with E-state index in [4.69, 9.17) is 16.3 Å². The number of rotatable bonds is 14. The van der Waals surface area contributed by atoms with Crippen molar-refractivity contribution in [2.24, 2.45) is 0 Å². The first-order valence-corrected chi connectivity index (χ1v) is 16.9. The van der Waals surface area contributed by atoms with Gasteiger partial charge in [-0.2, -0.15) is 8.62 Å². The summed E-state index contributed by atoms with van der Waals surface area (Å²) in [7, 11) is -14.3. The molecule has 1 aliphatic rings. The molecule has 1 saturated heterocycles. The fraction of sp³-hybridized carbons (Fsp3) is 0.500. The summed E-state index contributed by atoms with van der Waals surface area (Å²) in [5.41, 5.74) is 0.0956. The molecule has 0 amide bonds. The van der Waals surface area contributed by atoms with Gasteiger partial charge < -0.3 is 29.4 Å². The van der Waals surface area contributed by atoms with Crippen molar-refractivity contribution in [1.82, 2.24) is 14.6 Å². The molecule has 0 bridgehead atoms. The van der Waals surface area contributed by atoms with E-state index >= 15 is 0 Å². The molecule has 2 aromatic rings. The molecule has 6 atom stereocenters. The quantitative estimate of drug-likeness (QED) is 0.123. The predicted molar refractivity (Wildman–Crippen MR) is 145 cm³/mol. The lowest BCUT2D eigenvalue weighted by Gasteiger charge is -2.21. The molecule has 1 aliphatic heterocycles. The van der Waals surface area contributed by atoms with Gasteiger partial charge in [0.1, 0.15) is 12.3 Å². The number of aromatic nitrogens is 2. The Labute approximate surface area is 238 Å². The first kappa shape index (κ1) is 33.8. The zero-order chi connectivity index (χ0) is 30.6. The number of aromatic amines is 1. The smallest absolute Gasteiger partial charge is 0.390 e. The number of ether oxygens (including phenoxy) is 1. The topological polar surface area (TPSA) is 239 Å². The highest BCUT2D eigenvalue weighted by Gasteiger charge is 2.43. The minimum absolute atomic E-state index is 0.163. The van der Waals surface area contributed by atoms with Crippen LogP contribution in [0, 0.1) is 6.92 Å². The van der Waals surface area contributed by atoms with Crippen LogP contribution in [0.1, 0.15) is 23.8 Å². The summed E-state index contributed by atoms with van der Waals surface area (Å²) in [4.78, 5) is 57.2. The van der Waals surface area contributed by atoms with E-state index < -0.39 is 59.7 Å². The molecular weight excluding hydrogens is 633 g/mol. The summed E-state index contributed by atoms with van der Waals surface area (Å²) in [6.45, 7) is 0.900. The van der Waals surface area contributed by atoms with Crippen molar-refractivity contribution < 1.29 is 51.4 Å². The van der Waals surface area contributed by atoms with E-state index in [1.165, 1.54) is 13.1 Å². The molecule has 0 aliphatic carbocycles. The number of nitrogens with zero attached hydrogens (tertiary/aromatic N) is 2. The Balaban J connectivity index is 1.53. The fourth-order valence-electron chi connectivity index (χ4n) is 3.66. The fourth-order valence-corrected chi connectivity index (χ4v) is 7.60. The highest BCUT2D eigenvalue weighted by Crippen LogP contribution is 2.66. The summed E-state index contributed by atoms with van der Waals surface area (Å²) >= 11 is 5.71. The largest absolute Gasteiger partial charge is 0.489 e. The van der Waals surface area contributed by atoms with E-state index in [0.717, 1.165) is 10.3 Å². The van der Waals surface area contributed by atoms with Crippen molar-refractivity contribution in [2.45, 2.75) is 38.3 Å². The van der Waals surface area contributed by atoms with E-state index in [9.17, 15) is 43.1 Å². The first-order valence-electron chi connectivity index (χ1n) is 11.8. The number of alkyl halides is 1. The second-order valence-corrected chi connectivity index (χ2v) is 14.1. The van der Waals surface area contributed by atoms with Crippen molar-refractivity contribution in [2.75, 3.05) is 31.0 Å². The number of aliphatic hydroxyl groups excluding tert-OH is 1. The molecule has 230 valence electrons. The van der Waals surface area contributed by atoms with E-state index in [2.05, 4.69) is 18.1 Å². The van der Waals surface area contributed by atoms with Crippen LogP contribution >= 0.6 is 35.0 Å². The van der Waals surface area contributed by atoms with Crippen LogP contribution < -0.4 is 21.2 Å². The van der Waals surface area contributed by atoms with E-state index in [1.54, 1.807) is 24.3 Å². The zero-order valence-corrected chi connectivity index (χ0v) is 25.2. The standard InChI is InChI=1S/C20H30ClN4O13P3/c1-13-11-25(20(28)23-19(13)27)18-9-16(26)17(36-18)12-35-40(31,32)38-41(33,34)37-39(29,30)22-10-14-3-5-15(6-4-14)24(2)8-7-21/h3-6,11,16-18,26H,7-10,12H2,1-2H3,(H,31,32)(H,33,34)(H2,22,29,30)(H,23,27,28)/t16-,17+,18+/m0/s1. The maximum atomic E-state index is 12.3. The first-order chi connectivity index (χ1) is 19.0. The average Bonchev–Trinajstić information content (AvgIpc) is 3.23. The second kappa shape index (κ2) is 13.7. The van der Waals surface area contributed by atoms with Crippen LogP contribution in [0.3, 0.4) is 0 Å². The normalized spacial score (nSPS) is 23.4. The highest BCUT2D eigenvalue weighted by atomic mass is 35.5. The van der Waals surface area contributed by atoms with Crippen molar-refractivity contribution >= 4 is 40.7 Å². The van der Waals surface area contributed by atoms with Gasteiger partial charge in [-0.1, -0.05) is 12.1 Å². The lowest BCUT2D eigenvalue weighted by Crippen LogP contribution is -2.33. The summed E-state index contributed by atoms with van der Waals surface area (Å²) in [6.07, 6.45) is -2.63. The van der Waals surface area contributed by atoms with Crippen LogP contribution in [0.15, 0.2) is 40.1 Å². The van der Waals surface area contributed by atoms with Gasteiger partial charge in [0, 0.05) is 49.9 Å². The number of aryl methyl sites for hydroxylation is 1. The third kappa shape index (κ3) is 9.94. The minimum Gasteiger partial charge on any atom is -0.390 e. The third-order valence-electron chi connectivity index (χ3n) is 5.76. The van der Waals surface area contributed by atoms with Crippen LogP contribution in [0.4, 0.5) is 5.69 Å². The average molecular weight is 663 g/mol. The SMILES string of the molecule is Cc1cn([C@H]2C[C@H](O)[C@@H](COP(=O)(O)OP(=O)(O)OP(=O)(O)NCc3ccc(N(C)CCCl)cc3)O2)c(=O)[nH]c1=O. The number of anilines is 1. The monoisotopic (exact) mass is 662 g/mol. The van der Waals surface area contributed by atoms with E-state index in [1.807, 2.05) is 17.0 Å². The predicted octanol–water partition coefficient (Wildman–Crippen LogP) is 1.31.